The first-order valence-corrected chi connectivity index (χ1v) is 33.3. The van der Waals surface area contributed by atoms with Gasteiger partial charge in [0.25, 0.3) is 18.3 Å². The molecule has 0 unspecified atom stereocenters. The van der Waals surface area contributed by atoms with Crippen LogP contribution in [-0.2, 0) is 54.9 Å². The van der Waals surface area contributed by atoms with Crippen LogP contribution in [0.2, 0.25) is 5.15 Å². The van der Waals surface area contributed by atoms with Gasteiger partial charge in [0.05, 0.1) is 56.3 Å². The molecule has 2 amide bonds. The molecule has 0 bridgehead atoms. The number of fused-ring (bicyclic) bond motifs is 2. The van der Waals surface area contributed by atoms with Gasteiger partial charge >= 0.3 is 150 Å². The number of ether oxygens (including phenoxy) is 3. The van der Waals surface area contributed by atoms with Crippen LogP contribution in [0.15, 0.2) is 97.3 Å². The second-order valence-electron chi connectivity index (χ2n) is 22.7. The van der Waals surface area contributed by atoms with Gasteiger partial charge in [-0.15, -0.1) is 0 Å². The zero-order chi connectivity index (χ0) is 69.7. The van der Waals surface area contributed by atoms with E-state index in [9.17, 15) is 57.9 Å². The van der Waals surface area contributed by atoms with Crippen molar-refractivity contribution in [2.24, 2.45) is 0 Å². The molecule has 97 heavy (non-hydrogen) atoms. The molecule has 4 aliphatic rings. The minimum atomic E-state index is -4.85. The Kier molecular flexibility index (Phi) is 32.2. The van der Waals surface area contributed by atoms with Crippen molar-refractivity contribution < 1.29 is 226 Å². The second kappa shape index (κ2) is 37.3. The van der Waals surface area contributed by atoms with Gasteiger partial charge in [-0.3, -0.25) is 14.4 Å². The van der Waals surface area contributed by atoms with Crippen LogP contribution < -0.4 is 179 Å². The van der Waals surface area contributed by atoms with Crippen LogP contribution in [0.4, 0.5) is 49.6 Å². The van der Waals surface area contributed by atoms with Crippen molar-refractivity contribution in [2.75, 3.05) is 91.7 Å². The molecular formula is C61H73ClCs2F6N12O13S2. The first kappa shape index (κ1) is 83.7. The summed E-state index contributed by atoms with van der Waals surface area (Å²) in [4.78, 5) is 56.3. The van der Waals surface area contributed by atoms with Gasteiger partial charge in [-0.2, -0.15) is 39.9 Å². The number of halogens is 7. The van der Waals surface area contributed by atoms with Crippen molar-refractivity contribution in [3.05, 3.63) is 147 Å². The van der Waals surface area contributed by atoms with Crippen LogP contribution in [0.1, 0.15) is 93.3 Å². The quantitative estimate of drug-likeness (QED) is 0.0278. The molecule has 6 aromatic rings. The first-order valence-electron chi connectivity index (χ1n) is 29.3. The molecule has 10 rings (SSSR count). The van der Waals surface area contributed by atoms with E-state index >= 15 is 0 Å². The predicted molar refractivity (Wildman–Crippen MR) is 337 cm³/mol. The van der Waals surface area contributed by atoms with Crippen LogP contribution in [0.25, 0.3) is 0 Å². The summed E-state index contributed by atoms with van der Waals surface area (Å²) in [5.74, 6) is -1.02. The number of carbonyl (C=O) groups excluding carboxylic acids is 3. The Labute approximate surface area is 682 Å². The second-order valence-corrected chi connectivity index (χ2v) is 27.1. The predicted octanol–water partition coefficient (Wildman–Crippen LogP) is 0.824. The summed E-state index contributed by atoms with van der Waals surface area (Å²) in [7, 11) is 2.74. The topological polar surface area (TPSA) is 312 Å². The number of aromatic nitrogens is 4. The zero-order valence-electron chi connectivity index (χ0n) is 55.7. The molecule has 0 spiro atoms. The number of benzene rings is 4. The Morgan fingerprint density at radius 3 is 1.48 bits per heavy atom. The summed E-state index contributed by atoms with van der Waals surface area (Å²) >= 11 is 5.62. The molecule has 2 aliphatic carbocycles. The number of carbonyl (C=O) groups is 3. The van der Waals surface area contributed by atoms with Crippen molar-refractivity contribution in [2.45, 2.75) is 87.3 Å². The largest absolute Gasteiger partial charge is 1.00 e. The Morgan fingerprint density at radius 1 is 0.670 bits per heavy atom. The van der Waals surface area contributed by atoms with Gasteiger partial charge < -0.3 is 62.0 Å². The number of likely N-dealkylation sites (tertiary alicyclic amines) is 2. The van der Waals surface area contributed by atoms with Crippen molar-refractivity contribution in [3.63, 3.8) is 0 Å². The SMILES string of the molecule is CN([C@@H]1c2ccccc2C[C@H]1O)S(C)(=O)=O.COc1cc(C(=O)NC2CCN(C)CC2)ccc1Nc1ncc(C(F)(F)F)c(Cl)n1.COc1cc(C(=O)NC2CCN(C)CC2)ccc1Nc1ncc(C(F)(F)F)c(O[C@@H]2Cc3ccccc3[C@H]2N(C)S(C)(=O)=O)n1.O=CO[O-].[Cs+].[Cs+].[H-]. The molecule has 2 aromatic heterocycles. The van der Waals surface area contributed by atoms with Crippen LogP contribution >= 0.6 is 11.6 Å². The van der Waals surface area contributed by atoms with E-state index in [1.165, 1.54) is 44.8 Å². The van der Waals surface area contributed by atoms with Crippen LogP contribution in [-0.4, -0.2) is 184 Å². The van der Waals surface area contributed by atoms with Crippen molar-refractivity contribution in [3.8, 4) is 17.4 Å². The molecule has 5 N–H and O–H groups in total. The number of nitrogens with one attached hydrogen (secondary N) is 4. The number of aliphatic hydroxyl groups excluding tert-OH is 1. The fraction of sp³-hybridized carbons (Fsp3) is 0.426. The first-order chi connectivity index (χ1) is 44.7. The van der Waals surface area contributed by atoms with E-state index < -0.39 is 78.9 Å². The maximum absolute atomic E-state index is 14.1. The number of anilines is 4. The van der Waals surface area contributed by atoms with Crippen LogP contribution in [0.5, 0.6) is 17.4 Å². The third-order valence-corrected chi connectivity index (χ3v) is 18.9. The number of piperidine rings is 2. The normalized spacial score (nSPS) is 18.1. The molecule has 4 atom stereocenters. The van der Waals surface area contributed by atoms with Crippen molar-refractivity contribution in [1.29, 1.82) is 0 Å². The standard InChI is InChI=1S/C30H35F3N6O5S.C19H21ClF3N5O2.C11H15NO3S.CH2O3.2Cs.H/c1-38-13-11-20(12-14-38)35-27(40)19-9-10-23(24(16-19)43-3)36-29-34-17-22(30(31,32)33)28(37-29)44-25-15-18-7-5-6-8-21(18)26(25)39(2)45(4,41)42;1-28-7-5-12(6-8-28)25-17(29)11-3-4-14(15(9-11)30-2)26-18-24-10-13(16(20)27-18)19(21,22)23;1-12(16(2,14)15)11-9-6-4-3-5-8(9)7-10(11)13;2-1-4-3;;;/h5-10,16-17,20,25-26H,11-15H2,1-4H3,(H,35,40)(H,34,36,37);3-4,9-10,12H,5-8H2,1-2H3,(H,25,29)(H,24,26,27);3-6,10-11,13H,7H2,1-2H3;1,3H;;;/q;;;;2*+1;-1/p-1/t25-,26-;;10-,11-;;;;/m1.1..../s1. The molecular weight excluding hydrogens is 1590 g/mol. The van der Waals surface area contributed by atoms with Gasteiger partial charge in [-0.05, 0) is 125 Å². The van der Waals surface area contributed by atoms with Gasteiger partial charge in [0.15, 0.2) is 0 Å². The van der Waals surface area contributed by atoms with Crippen LogP contribution in [0, 0.1) is 0 Å². The van der Waals surface area contributed by atoms with Gasteiger partial charge in [-0.25, -0.2) is 31.8 Å². The molecule has 2 saturated heterocycles. The summed E-state index contributed by atoms with van der Waals surface area (Å²) in [5.41, 5.74) is 2.44. The third-order valence-electron chi connectivity index (χ3n) is 16.1. The average Bonchev–Trinajstić information content (AvgIpc) is 1.63. The Morgan fingerprint density at radius 2 is 1.07 bits per heavy atom. The van der Waals surface area contributed by atoms with E-state index in [1.54, 1.807) is 48.5 Å². The smallest absolute Gasteiger partial charge is 1.00 e. The average molecular weight is 1660 g/mol. The van der Waals surface area contributed by atoms with Gasteiger partial charge in [0.1, 0.15) is 33.9 Å². The number of hydrogen-bond acceptors (Lipinski definition) is 21. The summed E-state index contributed by atoms with van der Waals surface area (Å²) in [6.45, 7) is 3.44. The number of nitrogens with zero attached hydrogens (tertiary/aromatic N) is 8. The van der Waals surface area contributed by atoms with E-state index in [1.807, 2.05) is 38.4 Å². The Balaban J connectivity index is 0.000000330. The van der Waals surface area contributed by atoms with E-state index in [2.05, 4.69) is 55.9 Å². The van der Waals surface area contributed by atoms with E-state index in [-0.39, 0.29) is 194 Å². The van der Waals surface area contributed by atoms with Crippen molar-refractivity contribution >= 4 is 73.2 Å². The minimum Gasteiger partial charge on any atom is -1.00 e. The van der Waals surface area contributed by atoms with Gasteiger partial charge in [0.2, 0.25) is 37.8 Å². The van der Waals surface area contributed by atoms with E-state index in [4.69, 9.17) is 35.9 Å². The molecule has 0 radical (unpaired) electrons. The Bertz CT molecular complexity index is 3910. The molecule has 518 valence electrons. The molecule has 2 aliphatic heterocycles. The number of aliphatic hydroxyl groups is 1. The number of likely N-dealkylation sites (N-methyl/N-ethyl adjacent to an activating group) is 2. The monoisotopic (exact) mass is 1660 g/mol. The summed E-state index contributed by atoms with van der Waals surface area (Å²) in [6, 6.07) is 22.7. The molecule has 36 heteroatoms. The number of sulfonamides is 2. The summed E-state index contributed by atoms with van der Waals surface area (Å²) in [6.07, 6.45) is -3.63. The van der Waals surface area contributed by atoms with E-state index in [0.29, 0.717) is 52.6 Å². The molecule has 25 nitrogen and oxygen atoms in total. The maximum Gasteiger partial charge on any atom is 1.00 e. The van der Waals surface area contributed by atoms with E-state index in [0.717, 1.165) is 85.4 Å². The molecule has 4 aromatic carbocycles. The van der Waals surface area contributed by atoms with Gasteiger partial charge in [-0.1, -0.05) is 60.1 Å². The molecule has 2 fully saturated rings. The third kappa shape index (κ3) is 23.3. The molecule has 0 saturated carbocycles. The fourth-order valence-electron chi connectivity index (χ4n) is 10.9. The fourth-order valence-corrected chi connectivity index (χ4v) is 12.5. The molecule has 4 heterocycles. The minimum absolute atomic E-state index is 0. The number of amides is 2. The summed E-state index contributed by atoms with van der Waals surface area (Å²) < 4.78 is 147. The maximum atomic E-state index is 14.1. The van der Waals surface area contributed by atoms with Crippen LogP contribution in [0.3, 0.4) is 0 Å². The Hall–Kier alpha value is -3.92. The number of rotatable bonds is 17. The van der Waals surface area contributed by atoms with Crippen molar-refractivity contribution in [1.82, 2.24) is 49.0 Å². The number of methoxy groups -OCH3 is 2. The number of alkyl halides is 6. The van der Waals surface area contributed by atoms with Gasteiger partial charge in [0, 0.05) is 62.5 Å². The zero-order valence-corrected chi connectivity index (χ0v) is 69.7. The number of hydrogen-bond donors (Lipinski definition) is 5. The summed E-state index contributed by atoms with van der Waals surface area (Å²) in [5, 5.41) is 29.3.